The molecule has 0 spiro atoms. The molecule has 0 unspecified atom stereocenters. The topological polar surface area (TPSA) is 139 Å². The van der Waals surface area contributed by atoms with E-state index in [0.29, 0.717) is 17.8 Å². The molecule has 0 saturated carbocycles. The van der Waals surface area contributed by atoms with Crippen molar-refractivity contribution in [3.05, 3.63) is 45.5 Å². The predicted molar refractivity (Wildman–Crippen MR) is 206 cm³/mol. The summed E-state index contributed by atoms with van der Waals surface area (Å²) in [5, 5.41) is 18.3. The molecule has 4 fully saturated rings. The van der Waals surface area contributed by atoms with Gasteiger partial charge < -0.3 is 39.6 Å². The number of benzene rings is 2. The third kappa shape index (κ3) is 10.8. The number of ether oxygens (including phenoxy) is 4. The van der Waals surface area contributed by atoms with Crippen molar-refractivity contribution in [3.63, 3.8) is 0 Å². The Morgan fingerprint density at radius 3 is 1.49 bits per heavy atom. The van der Waals surface area contributed by atoms with Crippen LogP contribution in [-0.2, 0) is 22.3 Å². The maximum Gasteiger partial charge on any atom is 0.311 e. The third-order valence-corrected chi connectivity index (χ3v) is 10.5. The SMILES string of the molecule is C.CCc1cc(N)c(OC)cc1N1CCC(N2CCOCC2)CC1.CCc1cc([N+](=O)[O-])c(OC)cc1N1CCC(N2CCOCC2)CC1.CO. The van der Waals surface area contributed by atoms with Crippen molar-refractivity contribution in [1.29, 1.82) is 0 Å². The summed E-state index contributed by atoms with van der Waals surface area (Å²) in [5.41, 5.74) is 11.5. The van der Waals surface area contributed by atoms with Gasteiger partial charge in [-0.05, 0) is 55.7 Å². The summed E-state index contributed by atoms with van der Waals surface area (Å²) in [5.74, 6) is 1.13. The van der Waals surface area contributed by atoms with Gasteiger partial charge in [-0.25, -0.2) is 0 Å². The lowest BCUT2D eigenvalue weighted by atomic mass is 10.00. The molecule has 4 saturated heterocycles. The number of nitrogen functional groups attached to an aromatic ring is 1. The number of anilines is 3. The number of piperidine rings is 2. The van der Waals surface area contributed by atoms with E-state index < -0.39 is 0 Å². The van der Waals surface area contributed by atoms with Gasteiger partial charge in [0.15, 0.2) is 5.75 Å². The summed E-state index contributed by atoms with van der Waals surface area (Å²) in [6, 6.07) is 9.01. The minimum atomic E-state index is -0.369. The first kappa shape index (κ1) is 42.1. The second kappa shape index (κ2) is 21.2. The van der Waals surface area contributed by atoms with Crippen molar-refractivity contribution < 1.29 is 29.0 Å². The second-order valence-electron chi connectivity index (χ2n) is 13.1. The van der Waals surface area contributed by atoms with Crippen molar-refractivity contribution in [1.82, 2.24) is 9.80 Å². The Morgan fingerprint density at radius 1 is 0.725 bits per heavy atom. The number of methoxy groups -OCH3 is 2. The van der Waals surface area contributed by atoms with Crippen LogP contribution in [0.25, 0.3) is 0 Å². The molecule has 0 amide bonds. The Bertz CT molecular complexity index is 1340. The number of rotatable bonds is 9. The molecular formula is C38H64N6O7. The zero-order chi connectivity index (χ0) is 36.0. The van der Waals surface area contributed by atoms with E-state index in [1.807, 2.05) is 13.0 Å². The lowest BCUT2D eigenvalue weighted by molar-refractivity contribution is -0.385. The van der Waals surface area contributed by atoms with Crippen LogP contribution in [0.3, 0.4) is 0 Å². The molecule has 3 N–H and O–H groups in total. The lowest BCUT2D eigenvalue weighted by Crippen LogP contribution is -2.49. The molecule has 13 nitrogen and oxygen atoms in total. The van der Waals surface area contributed by atoms with E-state index in [-0.39, 0.29) is 18.0 Å². The minimum Gasteiger partial charge on any atom is -0.495 e. The quantitative estimate of drug-likeness (QED) is 0.208. The Hall–Kier alpha value is -3.36. The molecule has 4 heterocycles. The van der Waals surface area contributed by atoms with E-state index in [1.165, 1.54) is 31.2 Å². The maximum absolute atomic E-state index is 11.3. The van der Waals surface area contributed by atoms with Gasteiger partial charge in [0.25, 0.3) is 0 Å². The fraction of sp³-hybridized carbons (Fsp3) is 0.684. The number of aliphatic hydroxyl groups is 1. The summed E-state index contributed by atoms with van der Waals surface area (Å²) >= 11 is 0. The van der Waals surface area contributed by atoms with Crippen LogP contribution in [0.4, 0.5) is 22.7 Å². The summed E-state index contributed by atoms with van der Waals surface area (Å²) in [4.78, 5) is 20.9. The number of morpholine rings is 2. The first-order chi connectivity index (χ1) is 24.4. The number of hydrogen-bond donors (Lipinski definition) is 2. The number of nitrogens with zero attached hydrogens (tertiary/aromatic N) is 5. The molecule has 4 aliphatic heterocycles. The molecule has 0 aliphatic carbocycles. The largest absolute Gasteiger partial charge is 0.495 e. The molecular weight excluding hydrogens is 652 g/mol. The highest BCUT2D eigenvalue weighted by molar-refractivity contribution is 5.67. The number of nitrogens with two attached hydrogens (primary N) is 1. The van der Waals surface area contributed by atoms with Gasteiger partial charge in [0.2, 0.25) is 0 Å². The van der Waals surface area contributed by atoms with Gasteiger partial charge in [0, 0.05) is 101 Å². The van der Waals surface area contributed by atoms with Crippen LogP contribution in [0, 0.1) is 10.1 Å². The smallest absolute Gasteiger partial charge is 0.311 e. The molecule has 0 aromatic heterocycles. The molecule has 0 atom stereocenters. The van der Waals surface area contributed by atoms with Gasteiger partial charge in [-0.1, -0.05) is 21.3 Å². The number of nitro benzene ring substituents is 1. The Labute approximate surface area is 305 Å². The normalized spacial score (nSPS) is 19.2. The summed E-state index contributed by atoms with van der Waals surface area (Å²) in [6.07, 6.45) is 6.42. The van der Waals surface area contributed by atoms with Crippen LogP contribution in [0.15, 0.2) is 24.3 Å². The molecule has 0 bridgehead atoms. The van der Waals surface area contributed by atoms with Crippen LogP contribution in [0.1, 0.15) is 58.1 Å². The van der Waals surface area contributed by atoms with Gasteiger partial charge in [0.1, 0.15) is 5.75 Å². The fourth-order valence-electron chi connectivity index (χ4n) is 7.70. The first-order valence-corrected chi connectivity index (χ1v) is 18.3. The third-order valence-electron chi connectivity index (χ3n) is 10.5. The van der Waals surface area contributed by atoms with E-state index in [2.05, 4.69) is 38.7 Å². The summed E-state index contributed by atoms with van der Waals surface area (Å²) in [7, 11) is 4.17. The summed E-state index contributed by atoms with van der Waals surface area (Å²) < 4.78 is 21.6. The minimum absolute atomic E-state index is 0. The van der Waals surface area contributed by atoms with Crippen molar-refractivity contribution in [2.45, 2.75) is 71.9 Å². The molecule has 4 aliphatic rings. The Kier molecular flexibility index (Phi) is 17.5. The standard InChI is InChI=1S/C18H27N3O4.C18H29N3O2.CH4O.CH4/c1-3-14-12-17(21(22)23)18(24-2)13-16(14)20-6-4-15(5-7-20)19-8-10-25-11-9-19;1-3-14-12-16(19)18(22-2)13-17(14)21-6-4-15(5-7-21)20-8-10-23-11-9-20;1-2;/h12-13,15H,3-11H2,1-2H3;12-13,15H,3-11,19H2,1-2H3;2H,1H3;1H4. The van der Waals surface area contributed by atoms with E-state index in [4.69, 9.17) is 29.8 Å². The molecule has 2 aromatic carbocycles. The van der Waals surface area contributed by atoms with Crippen LogP contribution in [0.2, 0.25) is 0 Å². The molecule has 2 aromatic rings. The van der Waals surface area contributed by atoms with Crippen molar-refractivity contribution >= 4 is 22.7 Å². The zero-order valence-electron chi connectivity index (χ0n) is 30.9. The van der Waals surface area contributed by atoms with Gasteiger partial charge >= 0.3 is 5.69 Å². The van der Waals surface area contributed by atoms with Gasteiger partial charge in [-0.15, -0.1) is 0 Å². The van der Waals surface area contributed by atoms with Crippen molar-refractivity contribution in [2.24, 2.45) is 0 Å². The van der Waals surface area contributed by atoms with Crippen molar-refractivity contribution in [3.8, 4) is 11.5 Å². The number of aryl methyl sites for hydroxylation is 2. The highest BCUT2D eigenvalue weighted by atomic mass is 16.6. The highest BCUT2D eigenvalue weighted by Gasteiger charge is 2.29. The molecule has 51 heavy (non-hydrogen) atoms. The predicted octanol–water partition coefficient (Wildman–Crippen LogP) is 4.85. The molecule has 13 heteroatoms. The highest BCUT2D eigenvalue weighted by Crippen LogP contribution is 2.37. The molecule has 288 valence electrons. The molecule has 6 rings (SSSR count). The van der Waals surface area contributed by atoms with E-state index in [9.17, 15) is 10.1 Å². The monoisotopic (exact) mass is 716 g/mol. The number of aliphatic hydroxyl groups excluding tert-OH is 1. The first-order valence-electron chi connectivity index (χ1n) is 18.3. The average molecular weight is 717 g/mol. The van der Waals surface area contributed by atoms with Crippen LogP contribution in [-0.4, -0.2) is 132 Å². The summed E-state index contributed by atoms with van der Waals surface area (Å²) in [6.45, 7) is 16.0. The average Bonchev–Trinajstić information content (AvgIpc) is 3.19. The lowest BCUT2D eigenvalue weighted by Gasteiger charge is -2.41. The number of nitro groups is 1. The zero-order valence-corrected chi connectivity index (χ0v) is 30.9. The van der Waals surface area contributed by atoms with E-state index in [0.717, 1.165) is 134 Å². The van der Waals surface area contributed by atoms with Crippen LogP contribution < -0.4 is 25.0 Å². The van der Waals surface area contributed by atoms with E-state index >= 15 is 0 Å². The van der Waals surface area contributed by atoms with Gasteiger partial charge in [-0.2, -0.15) is 0 Å². The van der Waals surface area contributed by atoms with E-state index in [1.54, 1.807) is 13.2 Å². The molecule has 0 radical (unpaired) electrons. The van der Waals surface area contributed by atoms with Crippen LogP contribution in [0.5, 0.6) is 11.5 Å². The second-order valence-corrected chi connectivity index (χ2v) is 13.1. The Balaban J connectivity index is 0.000000259. The maximum atomic E-state index is 11.3. The van der Waals surface area contributed by atoms with Crippen LogP contribution >= 0.6 is 0 Å². The van der Waals surface area contributed by atoms with Gasteiger partial charge in [-0.3, -0.25) is 19.9 Å². The van der Waals surface area contributed by atoms with Gasteiger partial charge in [0.05, 0.1) is 51.3 Å². The van der Waals surface area contributed by atoms with Crippen molar-refractivity contribution in [2.75, 3.05) is 116 Å². The fourth-order valence-corrected chi connectivity index (χ4v) is 7.70. The number of hydrogen-bond acceptors (Lipinski definition) is 12. The Morgan fingerprint density at radius 2 is 1.12 bits per heavy atom.